The molecule has 1 aromatic rings. The zero-order chi connectivity index (χ0) is 18.7. The molecule has 1 aliphatic rings. The summed E-state index contributed by atoms with van der Waals surface area (Å²) in [6.07, 6.45) is 0.483. The molecule has 1 fully saturated rings. The maximum absolute atomic E-state index is 12.7. The van der Waals surface area contributed by atoms with E-state index >= 15 is 0 Å². The number of hydrogen-bond donors (Lipinski definition) is 0. The average Bonchev–Trinajstić information content (AvgIpc) is 2.55. The summed E-state index contributed by atoms with van der Waals surface area (Å²) >= 11 is 0. The van der Waals surface area contributed by atoms with Crippen LogP contribution >= 0.6 is 0 Å². The Balaban J connectivity index is 2.27. The quantitative estimate of drug-likeness (QED) is 0.462. The molecule has 0 aromatic heterocycles. The summed E-state index contributed by atoms with van der Waals surface area (Å²) in [5.41, 5.74) is -1.94. The second-order valence-corrected chi connectivity index (χ2v) is 7.15. The molecule has 2 rings (SSSR count). The van der Waals surface area contributed by atoms with Crippen molar-refractivity contribution in [1.82, 2.24) is 0 Å². The Morgan fingerprint density at radius 3 is 2.36 bits per heavy atom. The largest absolute Gasteiger partial charge is 0.497 e. The van der Waals surface area contributed by atoms with Gasteiger partial charge in [-0.15, -0.1) is 0 Å². The standard InChI is InChI=1S/C19H24O6/c1-18(2,3)25-17(22)19(10-5-11-24-16(19)21)12-15(20)13-6-8-14(23-4)9-7-13/h6-9H,5,10-12H2,1-4H3. The molecule has 25 heavy (non-hydrogen) atoms. The van der Waals surface area contributed by atoms with E-state index in [1.807, 2.05) is 0 Å². The molecule has 0 amide bonds. The molecular weight excluding hydrogens is 324 g/mol. The summed E-state index contributed by atoms with van der Waals surface area (Å²) in [5.74, 6) is -1.08. The van der Waals surface area contributed by atoms with E-state index in [2.05, 4.69) is 0 Å². The van der Waals surface area contributed by atoms with Crippen LogP contribution in [0.1, 0.15) is 50.4 Å². The molecule has 0 bridgehead atoms. The van der Waals surface area contributed by atoms with Crippen molar-refractivity contribution in [1.29, 1.82) is 0 Å². The number of esters is 2. The molecule has 0 N–H and O–H groups in total. The summed E-state index contributed by atoms with van der Waals surface area (Å²) in [6, 6.07) is 6.54. The highest BCUT2D eigenvalue weighted by molar-refractivity contribution is 6.07. The SMILES string of the molecule is COc1ccc(C(=O)CC2(C(=O)OC(C)(C)C)CCCOC2=O)cc1. The predicted octanol–water partition coefficient (Wildman–Crippen LogP) is 2.93. The van der Waals surface area contributed by atoms with Gasteiger partial charge in [-0.05, 0) is 57.9 Å². The second kappa shape index (κ2) is 7.25. The number of Topliss-reactive ketones (excluding diaryl/α,β-unsaturated/α-hetero) is 1. The Morgan fingerprint density at radius 1 is 1.20 bits per heavy atom. The van der Waals surface area contributed by atoms with Crippen LogP contribution in [0.4, 0.5) is 0 Å². The molecule has 1 unspecified atom stereocenters. The van der Waals surface area contributed by atoms with Crippen LogP contribution in [0, 0.1) is 5.41 Å². The Morgan fingerprint density at radius 2 is 1.84 bits per heavy atom. The van der Waals surface area contributed by atoms with Gasteiger partial charge in [-0.2, -0.15) is 0 Å². The van der Waals surface area contributed by atoms with E-state index in [1.165, 1.54) is 7.11 Å². The maximum Gasteiger partial charge on any atom is 0.324 e. The highest BCUT2D eigenvalue weighted by Crippen LogP contribution is 2.37. The molecule has 136 valence electrons. The fraction of sp³-hybridized carbons (Fsp3) is 0.526. The Labute approximate surface area is 147 Å². The van der Waals surface area contributed by atoms with Crippen molar-refractivity contribution in [3.63, 3.8) is 0 Å². The normalized spacial score (nSPS) is 20.6. The van der Waals surface area contributed by atoms with Crippen LogP contribution in [0.3, 0.4) is 0 Å². The number of carbonyl (C=O) groups excluding carboxylic acids is 3. The smallest absolute Gasteiger partial charge is 0.324 e. The number of ether oxygens (including phenoxy) is 3. The molecule has 1 heterocycles. The highest BCUT2D eigenvalue weighted by Gasteiger charge is 2.52. The summed E-state index contributed by atoms with van der Waals surface area (Å²) in [4.78, 5) is 37.8. The van der Waals surface area contributed by atoms with Gasteiger partial charge in [0, 0.05) is 12.0 Å². The minimum Gasteiger partial charge on any atom is -0.497 e. The fourth-order valence-electron chi connectivity index (χ4n) is 2.73. The first-order valence-corrected chi connectivity index (χ1v) is 8.26. The van der Waals surface area contributed by atoms with Crippen molar-refractivity contribution < 1.29 is 28.6 Å². The van der Waals surface area contributed by atoms with Crippen molar-refractivity contribution in [3.05, 3.63) is 29.8 Å². The maximum atomic E-state index is 12.7. The van der Waals surface area contributed by atoms with Crippen molar-refractivity contribution in [2.24, 2.45) is 5.41 Å². The lowest BCUT2D eigenvalue weighted by Gasteiger charge is -2.34. The van der Waals surface area contributed by atoms with Crippen molar-refractivity contribution in [3.8, 4) is 5.75 Å². The number of carbonyl (C=O) groups is 3. The molecule has 1 atom stereocenters. The lowest BCUT2D eigenvalue weighted by Crippen LogP contribution is -2.48. The van der Waals surface area contributed by atoms with Gasteiger partial charge in [-0.25, -0.2) is 0 Å². The number of methoxy groups -OCH3 is 1. The number of hydrogen-bond acceptors (Lipinski definition) is 6. The third kappa shape index (κ3) is 4.38. The van der Waals surface area contributed by atoms with Crippen molar-refractivity contribution in [2.75, 3.05) is 13.7 Å². The molecule has 6 nitrogen and oxygen atoms in total. The van der Waals surface area contributed by atoms with E-state index < -0.39 is 23.0 Å². The number of rotatable bonds is 5. The Hall–Kier alpha value is -2.37. The minimum absolute atomic E-state index is 0.239. The first-order chi connectivity index (χ1) is 11.7. The monoisotopic (exact) mass is 348 g/mol. The third-order valence-corrected chi connectivity index (χ3v) is 4.04. The lowest BCUT2D eigenvalue weighted by molar-refractivity contribution is -0.184. The van der Waals surface area contributed by atoms with Gasteiger partial charge < -0.3 is 14.2 Å². The number of cyclic esters (lactones) is 1. The van der Waals surface area contributed by atoms with E-state index in [4.69, 9.17) is 14.2 Å². The van der Waals surface area contributed by atoms with Crippen LogP contribution in [-0.4, -0.2) is 37.0 Å². The Bertz CT molecular complexity index is 655. The average molecular weight is 348 g/mol. The first kappa shape index (κ1) is 19.0. The van der Waals surface area contributed by atoms with E-state index in [9.17, 15) is 14.4 Å². The van der Waals surface area contributed by atoms with E-state index in [1.54, 1.807) is 45.0 Å². The second-order valence-electron chi connectivity index (χ2n) is 7.15. The third-order valence-electron chi connectivity index (χ3n) is 4.04. The lowest BCUT2D eigenvalue weighted by atomic mass is 9.76. The highest BCUT2D eigenvalue weighted by atomic mass is 16.6. The van der Waals surface area contributed by atoms with Gasteiger partial charge in [0.25, 0.3) is 0 Å². The van der Waals surface area contributed by atoms with Gasteiger partial charge in [0.2, 0.25) is 0 Å². The Kier molecular flexibility index (Phi) is 5.50. The van der Waals surface area contributed by atoms with E-state index in [-0.39, 0.29) is 25.2 Å². The molecule has 0 aliphatic carbocycles. The van der Waals surface area contributed by atoms with Crippen molar-refractivity contribution >= 4 is 17.7 Å². The van der Waals surface area contributed by atoms with Gasteiger partial charge in [0.1, 0.15) is 11.4 Å². The van der Waals surface area contributed by atoms with Gasteiger partial charge in [-0.1, -0.05) is 0 Å². The van der Waals surface area contributed by atoms with Crippen LogP contribution in [0.5, 0.6) is 5.75 Å². The number of ketones is 1. The van der Waals surface area contributed by atoms with Crippen LogP contribution in [0.2, 0.25) is 0 Å². The molecule has 1 aromatic carbocycles. The zero-order valence-electron chi connectivity index (χ0n) is 15.1. The molecule has 1 aliphatic heterocycles. The summed E-state index contributed by atoms with van der Waals surface area (Å²) in [6.45, 7) is 5.41. The molecule has 0 spiro atoms. The molecule has 0 saturated carbocycles. The van der Waals surface area contributed by atoms with Crippen LogP contribution in [0.15, 0.2) is 24.3 Å². The van der Waals surface area contributed by atoms with E-state index in [0.717, 1.165) is 0 Å². The van der Waals surface area contributed by atoms with Crippen LogP contribution < -0.4 is 4.74 Å². The molecule has 6 heteroatoms. The van der Waals surface area contributed by atoms with Crippen molar-refractivity contribution in [2.45, 2.75) is 45.6 Å². The summed E-state index contributed by atoms with van der Waals surface area (Å²) in [7, 11) is 1.53. The molecular formula is C19H24O6. The van der Waals surface area contributed by atoms with Gasteiger partial charge in [-0.3, -0.25) is 14.4 Å². The summed E-state index contributed by atoms with van der Waals surface area (Å²) in [5, 5.41) is 0. The van der Waals surface area contributed by atoms with Gasteiger partial charge in [0.15, 0.2) is 11.2 Å². The minimum atomic E-state index is -1.58. The fourth-order valence-corrected chi connectivity index (χ4v) is 2.73. The number of benzene rings is 1. The van der Waals surface area contributed by atoms with Gasteiger partial charge in [0.05, 0.1) is 13.7 Å². The van der Waals surface area contributed by atoms with Crippen LogP contribution in [0.25, 0.3) is 0 Å². The topological polar surface area (TPSA) is 78.9 Å². The van der Waals surface area contributed by atoms with E-state index in [0.29, 0.717) is 17.7 Å². The predicted molar refractivity (Wildman–Crippen MR) is 90.4 cm³/mol. The zero-order valence-corrected chi connectivity index (χ0v) is 15.1. The van der Waals surface area contributed by atoms with Crippen LogP contribution in [-0.2, 0) is 19.1 Å². The first-order valence-electron chi connectivity index (χ1n) is 8.26. The molecule has 0 radical (unpaired) electrons. The van der Waals surface area contributed by atoms with Gasteiger partial charge >= 0.3 is 11.9 Å². The molecule has 1 saturated heterocycles. The summed E-state index contributed by atoms with van der Waals surface area (Å²) < 4.78 is 15.6.